The van der Waals surface area contributed by atoms with Crippen molar-refractivity contribution in [1.82, 2.24) is 9.66 Å². The number of non-ortho nitro benzene ring substituents is 1. The van der Waals surface area contributed by atoms with Gasteiger partial charge in [0.25, 0.3) is 11.2 Å². The van der Waals surface area contributed by atoms with E-state index in [0.29, 0.717) is 48.1 Å². The van der Waals surface area contributed by atoms with Crippen LogP contribution in [0.25, 0.3) is 28.4 Å². The minimum absolute atomic E-state index is 0.0999. The highest BCUT2D eigenvalue weighted by Crippen LogP contribution is 2.32. The number of hydrogen-bond donors (Lipinski definition) is 0. The third kappa shape index (κ3) is 6.76. The summed E-state index contributed by atoms with van der Waals surface area (Å²) in [4.78, 5) is 41.6. The molecule has 12 heteroatoms. The Balaban J connectivity index is 1.53. The molecule has 0 unspecified atom stereocenters. The third-order valence-corrected chi connectivity index (χ3v) is 7.19. The Hall–Kier alpha value is -4.94. The topological polar surface area (TPSA) is 126 Å². The molecule has 1 heterocycles. The van der Waals surface area contributed by atoms with Gasteiger partial charge in [0.1, 0.15) is 5.75 Å². The van der Waals surface area contributed by atoms with E-state index in [9.17, 15) is 19.7 Å². The minimum Gasteiger partial charge on any atom is -0.497 e. The first-order valence-electron chi connectivity index (χ1n) is 12.6. The van der Waals surface area contributed by atoms with Crippen LogP contribution in [0.4, 0.5) is 5.69 Å². The second kappa shape index (κ2) is 12.9. The molecule has 0 aliphatic rings. The van der Waals surface area contributed by atoms with Crippen molar-refractivity contribution >= 4 is 66.7 Å². The molecule has 43 heavy (non-hydrogen) atoms. The fraction of sp³-hybridized carbons (Fsp3) is 0.0323. The molecule has 0 bridgehead atoms. The summed E-state index contributed by atoms with van der Waals surface area (Å²) in [5.41, 5.74) is 1.49. The Labute approximate surface area is 261 Å². The highest BCUT2D eigenvalue weighted by atomic mass is 79.9. The van der Waals surface area contributed by atoms with Crippen molar-refractivity contribution in [3.8, 4) is 22.9 Å². The second-order valence-corrected chi connectivity index (χ2v) is 10.7. The van der Waals surface area contributed by atoms with E-state index in [2.05, 4.69) is 37.0 Å². The maximum absolute atomic E-state index is 13.6. The Kier molecular flexibility index (Phi) is 8.88. The molecule has 5 rings (SSSR count). The van der Waals surface area contributed by atoms with E-state index in [0.717, 1.165) is 6.08 Å². The molecule has 0 atom stereocenters. The Bertz CT molecular complexity index is 1990. The molecule has 0 spiro atoms. The Morgan fingerprint density at radius 2 is 1.79 bits per heavy atom. The van der Waals surface area contributed by atoms with Crippen molar-refractivity contribution in [2.45, 2.75) is 0 Å². The summed E-state index contributed by atoms with van der Waals surface area (Å²) in [6, 6.07) is 23.2. The lowest BCUT2D eigenvalue weighted by Gasteiger charge is -2.11. The van der Waals surface area contributed by atoms with Crippen LogP contribution >= 0.6 is 31.9 Å². The summed E-state index contributed by atoms with van der Waals surface area (Å²) in [6.07, 6.45) is 3.97. The predicted molar refractivity (Wildman–Crippen MR) is 171 cm³/mol. The van der Waals surface area contributed by atoms with Crippen LogP contribution in [-0.2, 0) is 4.79 Å². The van der Waals surface area contributed by atoms with E-state index in [-0.39, 0.29) is 17.0 Å². The van der Waals surface area contributed by atoms with Gasteiger partial charge in [0.05, 0.1) is 33.6 Å². The normalized spacial score (nSPS) is 11.3. The number of para-hydroxylation sites is 1. The van der Waals surface area contributed by atoms with Gasteiger partial charge in [0.15, 0.2) is 11.6 Å². The van der Waals surface area contributed by atoms with Crippen LogP contribution in [0.5, 0.6) is 11.5 Å². The van der Waals surface area contributed by atoms with Gasteiger partial charge in [0.2, 0.25) is 0 Å². The third-order valence-electron chi connectivity index (χ3n) is 6.15. The first-order valence-corrected chi connectivity index (χ1v) is 14.2. The fourth-order valence-corrected chi connectivity index (χ4v) is 5.44. The van der Waals surface area contributed by atoms with Gasteiger partial charge in [-0.3, -0.25) is 14.9 Å². The molecular formula is C31H20Br2N4O6. The maximum atomic E-state index is 13.6. The molecule has 0 aliphatic heterocycles. The van der Waals surface area contributed by atoms with E-state index in [1.165, 1.54) is 35.2 Å². The van der Waals surface area contributed by atoms with Crippen LogP contribution in [-0.4, -0.2) is 33.9 Å². The summed E-state index contributed by atoms with van der Waals surface area (Å²) in [5, 5.41) is 15.9. The number of aromatic nitrogens is 2. The predicted octanol–water partition coefficient (Wildman–Crippen LogP) is 7.01. The summed E-state index contributed by atoms with van der Waals surface area (Å²) in [7, 11) is 1.56. The molecule has 0 fully saturated rings. The monoisotopic (exact) mass is 702 g/mol. The van der Waals surface area contributed by atoms with Crippen molar-refractivity contribution in [2.24, 2.45) is 5.10 Å². The second-order valence-electron chi connectivity index (χ2n) is 8.96. The number of ether oxygens (including phenoxy) is 2. The molecule has 0 aliphatic carbocycles. The van der Waals surface area contributed by atoms with Crippen molar-refractivity contribution in [1.29, 1.82) is 0 Å². The lowest BCUT2D eigenvalue weighted by atomic mass is 10.2. The number of esters is 1. The highest BCUT2D eigenvalue weighted by Gasteiger charge is 2.15. The Morgan fingerprint density at radius 3 is 2.53 bits per heavy atom. The smallest absolute Gasteiger partial charge is 0.336 e. The van der Waals surface area contributed by atoms with Gasteiger partial charge in [-0.1, -0.05) is 40.2 Å². The molecule has 1 aromatic heterocycles. The van der Waals surface area contributed by atoms with Gasteiger partial charge >= 0.3 is 5.97 Å². The van der Waals surface area contributed by atoms with Crippen LogP contribution in [0.2, 0.25) is 0 Å². The zero-order valence-corrected chi connectivity index (χ0v) is 25.5. The first-order chi connectivity index (χ1) is 20.7. The van der Waals surface area contributed by atoms with Crippen LogP contribution in [0, 0.1) is 10.1 Å². The number of halogens is 2. The number of fused-ring (bicyclic) bond motifs is 1. The van der Waals surface area contributed by atoms with E-state index < -0.39 is 10.9 Å². The summed E-state index contributed by atoms with van der Waals surface area (Å²) >= 11 is 6.86. The van der Waals surface area contributed by atoms with Crippen molar-refractivity contribution in [3.05, 3.63) is 132 Å². The lowest BCUT2D eigenvalue weighted by Crippen LogP contribution is -2.20. The van der Waals surface area contributed by atoms with Crippen LogP contribution in [0.1, 0.15) is 11.1 Å². The van der Waals surface area contributed by atoms with Gasteiger partial charge in [0, 0.05) is 33.8 Å². The van der Waals surface area contributed by atoms with Crippen LogP contribution in [0.15, 0.2) is 110 Å². The molecule has 10 nitrogen and oxygen atoms in total. The summed E-state index contributed by atoms with van der Waals surface area (Å²) in [5.74, 6) is 0.364. The molecule has 5 aromatic rings. The standard InChI is InChI=1S/C31H20Br2N4O6/c1-42-24-12-10-20(11-13-24)30-35-27-8-3-2-7-25(27)31(39)36(30)34-18-21-16-22(32)17-26(33)29(21)43-28(38)14-9-19-5-4-6-23(15-19)37(40)41/h2-18H,1H3/b14-9+,34-18?. The number of nitro benzene ring substituents is 1. The number of nitro groups is 1. The van der Waals surface area contributed by atoms with Gasteiger partial charge in [-0.15, -0.1) is 0 Å². The molecule has 4 aromatic carbocycles. The summed E-state index contributed by atoms with van der Waals surface area (Å²) < 4.78 is 13.2. The molecule has 0 amide bonds. The van der Waals surface area contributed by atoms with Crippen molar-refractivity contribution in [2.75, 3.05) is 7.11 Å². The van der Waals surface area contributed by atoms with Gasteiger partial charge in [-0.25, -0.2) is 9.78 Å². The molecule has 0 saturated heterocycles. The van der Waals surface area contributed by atoms with Crippen LogP contribution < -0.4 is 15.0 Å². The average Bonchev–Trinajstić information content (AvgIpc) is 3.01. The Morgan fingerprint density at radius 1 is 1.02 bits per heavy atom. The number of benzene rings is 4. The quantitative estimate of drug-likeness (QED) is 0.0425. The molecular weight excluding hydrogens is 684 g/mol. The van der Waals surface area contributed by atoms with E-state index in [1.54, 1.807) is 73.8 Å². The zero-order valence-electron chi connectivity index (χ0n) is 22.3. The molecule has 214 valence electrons. The number of nitrogens with zero attached hydrogens (tertiary/aromatic N) is 4. The average molecular weight is 704 g/mol. The van der Waals surface area contributed by atoms with Gasteiger partial charge in [-0.05, 0) is 76.1 Å². The zero-order chi connectivity index (χ0) is 30.5. The van der Waals surface area contributed by atoms with Crippen molar-refractivity contribution in [3.63, 3.8) is 0 Å². The number of rotatable bonds is 8. The fourth-order valence-electron chi connectivity index (χ4n) is 4.10. The SMILES string of the molecule is COc1ccc(-c2nc3ccccc3c(=O)n2N=Cc2cc(Br)cc(Br)c2OC(=O)/C=C/c2cccc([N+](=O)[O-])c2)cc1. The molecule has 0 saturated carbocycles. The number of carbonyl (C=O) groups excluding carboxylic acids is 1. The molecule has 0 radical (unpaired) electrons. The van der Waals surface area contributed by atoms with Crippen LogP contribution in [0.3, 0.4) is 0 Å². The van der Waals surface area contributed by atoms with E-state index in [1.807, 2.05) is 0 Å². The lowest BCUT2D eigenvalue weighted by molar-refractivity contribution is -0.384. The number of carbonyl (C=O) groups is 1. The largest absolute Gasteiger partial charge is 0.497 e. The van der Waals surface area contributed by atoms with Gasteiger partial charge in [-0.2, -0.15) is 9.78 Å². The number of methoxy groups -OCH3 is 1. The number of hydrogen-bond acceptors (Lipinski definition) is 8. The first kappa shape index (κ1) is 29.5. The maximum Gasteiger partial charge on any atom is 0.336 e. The highest BCUT2D eigenvalue weighted by molar-refractivity contribution is 9.11. The summed E-state index contributed by atoms with van der Waals surface area (Å²) in [6.45, 7) is 0. The van der Waals surface area contributed by atoms with E-state index in [4.69, 9.17) is 14.5 Å². The van der Waals surface area contributed by atoms with Crippen molar-refractivity contribution < 1.29 is 19.2 Å². The minimum atomic E-state index is -0.729. The molecule has 0 N–H and O–H groups in total. The van der Waals surface area contributed by atoms with Gasteiger partial charge < -0.3 is 9.47 Å². The van der Waals surface area contributed by atoms with E-state index >= 15 is 0 Å².